The molecule has 11 heteroatoms. The maximum atomic E-state index is 14.4. The van der Waals surface area contributed by atoms with E-state index < -0.39 is 53.5 Å². The highest BCUT2D eigenvalue weighted by atomic mass is 19.2. The second-order valence-corrected chi connectivity index (χ2v) is 8.54. The van der Waals surface area contributed by atoms with E-state index in [0.29, 0.717) is 37.1 Å². The number of nitriles is 1. The maximum Gasteiger partial charge on any atom is 0.405 e. The summed E-state index contributed by atoms with van der Waals surface area (Å²) in [5.74, 6) is -4.98. The van der Waals surface area contributed by atoms with Crippen LogP contribution in [-0.2, 0) is 22.4 Å². The average Bonchev–Trinajstić information content (AvgIpc) is 3.31. The highest BCUT2D eigenvalue weighted by Crippen LogP contribution is 2.21. The maximum absolute atomic E-state index is 14.4. The summed E-state index contributed by atoms with van der Waals surface area (Å²) in [5.41, 5.74) is 0.399. The summed E-state index contributed by atoms with van der Waals surface area (Å²) in [6.45, 7) is 0.342. The highest BCUT2D eigenvalue weighted by molar-refractivity contribution is 5.86. The van der Waals surface area contributed by atoms with Crippen LogP contribution in [0.1, 0.15) is 30.4 Å². The van der Waals surface area contributed by atoms with Crippen LogP contribution in [0, 0.1) is 28.8 Å². The number of amides is 3. The smallest absolute Gasteiger partial charge is 0.405 e. The fraction of sp³-hybridized carbons (Fsp3) is 0.360. The average molecular weight is 502 g/mol. The molecule has 3 atom stereocenters. The van der Waals surface area contributed by atoms with E-state index in [0.717, 1.165) is 0 Å². The third kappa shape index (κ3) is 6.97. The van der Waals surface area contributed by atoms with E-state index in [4.69, 9.17) is 0 Å². The molecule has 3 unspecified atom stereocenters. The zero-order valence-electron chi connectivity index (χ0n) is 19.2. The second-order valence-electron chi connectivity index (χ2n) is 8.54. The van der Waals surface area contributed by atoms with Gasteiger partial charge in [0.2, 0.25) is 11.8 Å². The molecule has 1 fully saturated rings. The van der Waals surface area contributed by atoms with Gasteiger partial charge in [0.05, 0.1) is 6.07 Å². The molecular weight excluding hydrogens is 477 g/mol. The van der Waals surface area contributed by atoms with E-state index in [9.17, 15) is 37.9 Å². The third-order valence-corrected chi connectivity index (χ3v) is 5.94. The zero-order chi connectivity index (χ0) is 26.2. The van der Waals surface area contributed by atoms with Gasteiger partial charge in [0, 0.05) is 31.5 Å². The van der Waals surface area contributed by atoms with Crippen molar-refractivity contribution in [2.75, 3.05) is 6.54 Å². The van der Waals surface area contributed by atoms with Crippen molar-refractivity contribution < 1.29 is 32.7 Å². The molecule has 190 valence electrons. The molecule has 2 aromatic carbocycles. The molecule has 0 aromatic heterocycles. The van der Waals surface area contributed by atoms with Gasteiger partial charge in [-0.2, -0.15) is 5.26 Å². The summed E-state index contributed by atoms with van der Waals surface area (Å²) in [6.07, 6.45) is -1.04. The molecule has 0 aliphatic carbocycles. The number of carbonyl (C=O) groups excluding carboxylic acids is 2. The van der Waals surface area contributed by atoms with Crippen LogP contribution in [0.2, 0.25) is 0 Å². The summed E-state index contributed by atoms with van der Waals surface area (Å²) >= 11 is 0. The topological polar surface area (TPSA) is 123 Å². The minimum atomic E-state index is -1.45. The quantitative estimate of drug-likeness (QED) is 0.455. The Labute approximate surface area is 205 Å². The first-order valence-corrected chi connectivity index (χ1v) is 11.3. The Balaban J connectivity index is 1.83. The molecule has 2 aromatic rings. The van der Waals surface area contributed by atoms with Gasteiger partial charge in [-0.05, 0) is 36.5 Å². The third-order valence-electron chi connectivity index (χ3n) is 5.94. The van der Waals surface area contributed by atoms with E-state index in [-0.39, 0.29) is 24.8 Å². The zero-order valence-corrected chi connectivity index (χ0v) is 19.2. The number of benzene rings is 2. The van der Waals surface area contributed by atoms with E-state index in [1.165, 1.54) is 4.90 Å². The molecule has 36 heavy (non-hydrogen) atoms. The van der Waals surface area contributed by atoms with Gasteiger partial charge in [-0.1, -0.05) is 30.3 Å². The molecule has 0 bridgehead atoms. The van der Waals surface area contributed by atoms with E-state index >= 15 is 0 Å². The predicted molar refractivity (Wildman–Crippen MR) is 122 cm³/mol. The second kappa shape index (κ2) is 12.1. The minimum absolute atomic E-state index is 0.00179. The molecule has 1 heterocycles. The van der Waals surface area contributed by atoms with Crippen molar-refractivity contribution in [1.29, 1.82) is 5.26 Å². The van der Waals surface area contributed by atoms with Crippen molar-refractivity contribution in [3.8, 4) is 6.07 Å². The number of hydrogen-bond acceptors (Lipinski definition) is 4. The van der Waals surface area contributed by atoms with Crippen LogP contribution in [0.3, 0.4) is 0 Å². The number of halogens is 3. The monoisotopic (exact) mass is 502 g/mol. The van der Waals surface area contributed by atoms with E-state index in [2.05, 4.69) is 10.6 Å². The predicted octanol–water partition coefficient (Wildman–Crippen LogP) is 2.91. The van der Waals surface area contributed by atoms with Crippen molar-refractivity contribution in [1.82, 2.24) is 15.5 Å². The van der Waals surface area contributed by atoms with Crippen molar-refractivity contribution in [2.24, 2.45) is 0 Å². The normalized spacial score (nSPS) is 16.6. The fourth-order valence-electron chi connectivity index (χ4n) is 4.20. The van der Waals surface area contributed by atoms with Crippen LogP contribution in [0.4, 0.5) is 18.0 Å². The Morgan fingerprint density at radius 3 is 2.42 bits per heavy atom. The SMILES string of the molecule is N#CC1CCCN1C(=O)CC(Cc1cc(F)c(F)cc1F)NC(=O)C(Cc1ccccc1)NC(=O)O. The first kappa shape index (κ1) is 26.5. The largest absolute Gasteiger partial charge is 0.465 e. The molecule has 3 N–H and O–H groups in total. The first-order valence-electron chi connectivity index (χ1n) is 11.3. The van der Waals surface area contributed by atoms with Crippen LogP contribution < -0.4 is 10.6 Å². The van der Waals surface area contributed by atoms with Gasteiger partial charge < -0.3 is 20.6 Å². The Bertz CT molecular complexity index is 1160. The fourth-order valence-corrected chi connectivity index (χ4v) is 4.20. The Kier molecular flexibility index (Phi) is 8.89. The lowest BCUT2D eigenvalue weighted by atomic mass is 10.00. The number of likely N-dealkylation sites (tertiary alicyclic amines) is 1. The van der Waals surface area contributed by atoms with Crippen LogP contribution in [0.15, 0.2) is 42.5 Å². The lowest BCUT2D eigenvalue weighted by Gasteiger charge is -2.26. The molecule has 1 saturated heterocycles. The number of carbonyl (C=O) groups is 3. The van der Waals surface area contributed by atoms with Gasteiger partial charge in [0.15, 0.2) is 11.6 Å². The van der Waals surface area contributed by atoms with Crippen LogP contribution in [0.5, 0.6) is 0 Å². The number of carboxylic acid groups (broad SMARTS) is 1. The van der Waals surface area contributed by atoms with Crippen molar-refractivity contribution in [2.45, 2.75) is 50.2 Å². The lowest BCUT2D eigenvalue weighted by Crippen LogP contribution is -2.52. The lowest BCUT2D eigenvalue weighted by molar-refractivity contribution is -0.132. The molecule has 3 rings (SSSR count). The van der Waals surface area contributed by atoms with E-state index in [1.807, 2.05) is 6.07 Å². The van der Waals surface area contributed by atoms with Crippen LogP contribution >= 0.6 is 0 Å². The van der Waals surface area contributed by atoms with E-state index in [1.54, 1.807) is 30.3 Å². The number of hydrogen-bond donors (Lipinski definition) is 3. The van der Waals surface area contributed by atoms with Gasteiger partial charge in [0.1, 0.15) is 17.9 Å². The Morgan fingerprint density at radius 2 is 1.75 bits per heavy atom. The molecule has 0 saturated carbocycles. The van der Waals surface area contributed by atoms with Gasteiger partial charge in [-0.15, -0.1) is 0 Å². The Hall–Kier alpha value is -4.07. The van der Waals surface area contributed by atoms with Crippen molar-refractivity contribution >= 4 is 17.9 Å². The van der Waals surface area contributed by atoms with Crippen molar-refractivity contribution in [3.63, 3.8) is 0 Å². The van der Waals surface area contributed by atoms with Crippen molar-refractivity contribution in [3.05, 3.63) is 71.0 Å². The van der Waals surface area contributed by atoms with Crippen LogP contribution in [0.25, 0.3) is 0 Å². The molecule has 0 spiro atoms. The van der Waals surface area contributed by atoms with Gasteiger partial charge in [-0.25, -0.2) is 18.0 Å². The molecular formula is C25H25F3N4O4. The standard InChI is InChI=1S/C25H25F3N4O4/c26-19-13-21(28)20(27)11-16(19)10-17(12-23(33)32-8-4-7-18(32)14-29)30-24(34)22(31-25(35)36)9-15-5-2-1-3-6-15/h1-3,5-6,11,13,17-18,22,31H,4,7-10,12H2,(H,30,34)(H,35,36). The molecule has 1 aliphatic rings. The molecule has 8 nitrogen and oxygen atoms in total. The minimum Gasteiger partial charge on any atom is -0.465 e. The summed E-state index contributed by atoms with van der Waals surface area (Å²) in [5, 5.41) is 23.2. The van der Waals surface area contributed by atoms with Gasteiger partial charge >= 0.3 is 6.09 Å². The molecule has 0 radical (unpaired) electrons. The Morgan fingerprint density at radius 1 is 1.06 bits per heavy atom. The molecule has 1 aliphatic heterocycles. The molecule has 3 amide bonds. The van der Waals surface area contributed by atoms with Gasteiger partial charge in [0.25, 0.3) is 0 Å². The van der Waals surface area contributed by atoms with Crippen LogP contribution in [-0.4, -0.2) is 52.6 Å². The summed E-state index contributed by atoms with van der Waals surface area (Å²) in [7, 11) is 0. The summed E-state index contributed by atoms with van der Waals surface area (Å²) < 4.78 is 41.5. The number of nitrogens with one attached hydrogen (secondary N) is 2. The number of nitrogens with zero attached hydrogens (tertiary/aromatic N) is 2. The summed E-state index contributed by atoms with van der Waals surface area (Å²) in [6, 6.07) is 8.73. The highest BCUT2D eigenvalue weighted by Gasteiger charge is 2.32. The summed E-state index contributed by atoms with van der Waals surface area (Å²) in [4.78, 5) is 38.7. The first-order chi connectivity index (χ1) is 17.2. The number of rotatable bonds is 9. The van der Waals surface area contributed by atoms with Gasteiger partial charge in [-0.3, -0.25) is 9.59 Å².